The molecule has 5 aromatic rings. The summed E-state index contributed by atoms with van der Waals surface area (Å²) in [5.41, 5.74) is 21.7. The fourth-order valence-electron chi connectivity index (χ4n) is 5.94. The Kier molecular flexibility index (Phi) is 18.1. The van der Waals surface area contributed by atoms with Crippen molar-refractivity contribution in [2.75, 3.05) is 11.5 Å². The Morgan fingerprint density at radius 2 is 1.30 bits per heavy atom. The van der Waals surface area contributed by atoms with Crippen LogP contribution in [0.2, 0.25) is 10.0 Å². The number of ketones is 4. The molecule has 11 nitrogen and oxygen atoms in total. The first-order valence-corrected chi connectivity index (χ1v) is 19.5. The molecule has 13 heteroatoms. The highest BCUT2D eigenvalue weighted by molar-refractivity contribution is 6.47. The van der Waals surface area contributed by atoms with Crippen molar-refractivity contribution in [2.45, 2.75) is 67.2 Å². The fourth-order valence-corrected chi connectivity index (χ4v) is 6.48. The molecule has 5 aromatic carbocycles. The van der Waals surface area contributed by atoms with Crippen LogP contribution in [0.5, 0.6) is 0 Å². The number of nitrogens with zero attached hydrogens (tertiary/aromatic N) is 1. The van der Waals surface area contributed by atoms with Crippen molar-refractivity contribution in [3.8, 4) is 0 Å². The molecule has 1 aliphatic carbocycles. The van der Waals surface area contributed by atoms with Crippen molar-refractivity contribution in [1.29, 1.82) is 0 Å². The van der Waals surface area contributed by atoms with Crippen molar-refractivity contribution < 1.29 is 38.7 Å². The Balaban J connectivity index is 0.000000202. The highest BCUT2D eigenvalue weighted by atomic mass is 35.5. The fraction of sp³-hybridized carbons (Fsp3) is 0.213. The summed E-state index contributed by atoms with van der Waals surface area (Å²) in [6.07, 6.45) is 2.10. The minimum absolute atomic E-state index is 0.0306. The van der Waals surface area contributed by atoms with Gasteiger partial charge in [0.2, 0.25) is 11.6 Å². The largest absolute Gasteiger partial charge is 0.411 e. The van der Waals surface area contributed by atoms with Gasteiger partial charge in [-0.25, -0.2) is 4.79 Å². The molecule has 312 valence electrons. The lowest BCUT2D eigenvalue weighted by Crippen LogP contribution is -2.23. The highest BCUT2D eigenvalue weighted by Crippen LogP contribution is 2.26. The number of nitrogens with two attached hydrogens (primary N) is 2. The van der Waals surface area contributed by atoms with Gasteiger partial charge in [-0.05, 0) is 109 Å². The van der Waals surface area contributed by atoms with Crippen LogP contribution in [0.3, 0.4) is 0 Å². The maximum Gasteiger partial charge on any atom is 0.346 e. The van der Waals surface area contributed by atoms with E-state index in [4.69, 9.17) is 39.9 Å². The summed E-state index contributed by atoms with van der Waals surface area (Å²) < 4.78 is 4.49. The number of cyclic esters (lactones) is 2. The molecule has 0 saturated heterocycles. The second kappa shape index (κ2) is 22.6. The lowest BCUT2D eigenvalue weighted by atomic mass is 9.97. The standard InChI is InChI=1S/C10H12ClNO.C10H7ClO3.C10H11NO2.C10H8O2.C7H9N/c1-3-9(13)8-5-7(11)4-6(2)10(8)12;1-5-2-6(11)3-8-7(5)4-9(12)14-10(8)13;1-8-4-2-3-5-9(8)6-10(12)7-11-13;1-6-3-2-4-7-8(6)5-9(11)10(7)12;1-6-4-2-3-5-7(6)8/h4-5H,3,12H2,1-2H3;2-3H,4H2,1H3;2-5,7,13H,6H2,1H3;2-4H,5H2,1H3;2-5H,8H2,1H3/b;;11-7+;;. The second-order valence-corrected chi connectivity index (χ2v) is 14.7. The molecule has 5 N–H and O–H groups in total. The maximum atomic E-state index is 11.4. The Morgan fingerprint density at radius 3 is 1.88 bits per heavy atom. The van der Waals surface area contributed by atoms with Crippen LogP contribution in [-0.4, -0.2) is 46.5 Å². The van der Waals surface area contributed by atoms with Crippen LogP contribution in [0.25, 0.3) is 0 Å². The van der Waals surface area contributed by atoms with E-state index in [1.165, 1.54) is 6.07 Å². The van der Waals surface area contributed by atoms with Crippen LogP contribution in [0.15, 0.2) is 96.2 Å². The first-order valence-electron chi connectivity index (χ1n) is 18.7. The number of Topliss-reactive ketones (excluding diaryl/α,β-unsaturated/α-hetero) is 4. The summed E-state index contributed by atoms with van der Waals surface area (Å²) in [7, 11) is 0. The van der Waals surface area contributed by atoms with E-state index in [9.17, 15) is 28.8 Å². The molecule has 0 unspecified atom stereocenters. The van der Waals surface area contributed by atoms with E-state index < -0.39 is 11.9 Å². The van der Waals surface area contributed by atoms with Crippen LogP contribution in [0.1, 0.15) is 88.9 Å². The van der Waals surface area contributed by atoms with E-state index in [-0.39, 0.29) is 36.0 Å². The van der Waals surface area contributed by atoms with Gasteiger partial charge in [0.15, 0.2) is 11.6 Å². The average Bonchev–Trinajstić information content (AvgIpc) is 3.50. The zero-order valence-electron chi connectivity index (χ0n) is 34.2. The Morgan fingerprint density at radius 1 is 0.717 bits per heavy atom. The number of esters is 2. The van der Waals surface area contributed by atoms with Gasteiger partial charge in [-0.15, -0.1) is 0 Å². The van der Waals surface area contributed by atoms with Crippen molar-refractivity contribution in [2.24, 2.45) is 5.16 Å². The Labute approximate surface area is 359 Å². The minimum Gasteiger partial charge on any atom is -0.411 e. The van der Waals surface area contributed by atoms with Gasteiger partial charge in [-0.1, -0.05) is 95.9 Å². The molecule has 0 saturated carbocycles. The number of ether oxygens (including phenoxy) is 1. The van der Waals surface area contributed by atoms with Gasteiger partial charge in [0, 0.05) is 51.8 Å². The third-order valence-electron chi connectivity index (χ3n) is 9.42. The molecule has 0 aromatic heterocycles. The number of oxime groups is 1. The van der Waals surface area contributed by atoms with E-state index in [2.05, 4.69) is 9.89 Å². The monoisotopic (exact) mass is 851 g/mol. The Hall–Kier alpha value is -6.43. The Bertz CT molecular complexity index is 2440. The van der Waals surface area contributed by atoms with Crippen LogP contribution >= 0.6 is 23.2 Å². The number of benzene rings is 5. The number of hydrogen-bond donors (Lipinski definition) is 3. The summed E-state index contributed by atoms with van der Waals surface area (Å²) in [5.74, 6) is -1.89. The predicted octanol–water partition coefficient (Wildman–Crippen LogP) is 9.16. The number of halogens is 2. The molecule has 0 atom stereocenters. The quantitative estimate of drug-likeness (QED) is 0.0224. The topological polar surface area (TPSA) is 196 Å². The molecular weight excluding hydrogens is 805 g/mol. The first kappa shape index (κ1) is 47.9. The van der Waals surface area contributed by atoms with Crippen molar-refractivity contribution in [3.63, 3.8) is 0 Å². The molecule has 0 radical (unpaired) electrons. The number of carbonyl (C=O) groups excluding carboxylic acids is 6. The summed E-state index contributed by atoms with van der Waals surface area (Å²) in [6.45, 7) is 11.3. The maximum absolute atomic E-state index is 11.4. The molecule has 2 aliphatic rings. The SMILES string of the molecule is CCC(=O)c1cc(Cl)cc(C)c1N.Cc1cc(Cl)cc2c1CC(=O)OC2=O.Cc1cccc2c1CC(=O)C2=O.Cc1ccccc1CC(=O)/C=N/O.Cc1ccccc1N. The second-order valence-electron chi connectivity index (χ2n) is 13.8. The molecule has 1 heterocycles. The van der Waals surface area contributed by atoms with Gasteiger partial charge in [-0.3, -0.25) is 24.0 Å². The number of fused-ring (bicyclic) bond motifs is 2. The normalized spacial score (nSPS) is 12.2. The van der Waals surface area contributed by atoms with Gasteiger partial charge < -0.3 is 21.4 Å². The lowest BCUT2D eigenvalue weighted by molar-refractivity contribution is -0.137. The zero-order chi connectivity index (χ0) is 44.7. The summed E-state index contributed by atoms with van der Waals surface area (Å²) in [5, 5.41) is 11.9. The van der Waals surface area contributed by atoms with E-state index in [1.807, 2.05) is 95.3 Å². The molecule has 0 bridgehead atoms. The molecule has 1 aliphatic heterocycles. The third kappa shape index (κ3) is 13.6. The number of para-hydroxylation sites is 1. The minimum atomic E-state index is -0.609. The number of carbonyl (C=O) groups is 6. The van der Waals surface area contributed by atoms with Crippen LogP contribution in [0.4, 0.5) is 11.4 Å². The third-order valence-corrected chi connectivity index (χ3v) is 9.86. The predicted molar refractivity (Wildman–Crippen MR) is 236 cm³/mol. The van der Waals surface area contributed by atoms with Crippen molar-refractivity contribution >= 4 is 75.9 Å². The van der Waals surface area contributed by atoms with Crippen LogP contribution < -0.4 is 11.5 Å². The lowest BCUT2D eigenvalue weighted by Gasteiger charge is -2.16. The summed E-state index contributed by atoms with van der Waals surface area (Å²) in [4.78, 5) is 67.0. The van der Waals surface area contributed by atoms with Crippen LogP contribution in [-0.2, 0) is 38.4 Å². The van der Waals surface area contributed by atoms with Gasteiger partial charge in [-0.2, -0.15) is 0 Å². The summed E-state index contributed by atoms with van der Waals surface area (Å²) >= 11 is 11.6. The first-order chi connectivity index (χ1) is 28.4. The van der Waals surface area contributed by atoms with Gasteiger partial charge in [0.05, 0.1) is 12.0 Å². The van der Waals surface area contributed by atoms with Gasteiger partial charge in [0.25, 0.3) is 0 Å². The average molecular weight is 853 g/mol. The smallest absolute Gasteiger partial charge is 0.346 e. The number of rotatable bonds is 5. The van der Waals surface area contributed by atoms with Gasteiger partial charge in [0.1, 0.15) is 6.21 Å². The molecule has 0 fully saturated rings. The molecule has 7 rings (SSSR count). The molecule has 0 amide bonds. The number of hydrogen-bond acceptors (Lipinski definition) is 11. The number of aryl methyl sites for hydroxylation is 5. The van der Waals surface area contributed by atoms with Gasteiger partial charge >= 0.3 is 11.9 Å². The van der Waals surface area contributed by atoms with Crippen molar-refractivity contribution in [1.82, 2.24) is 0 Å². The number of anilines is 2. The van der Waals surface area contributed by atoms with E-state index in [0.717, 1.165) is 56.4 Å². The van der Waals surface area contributed by atoms with E-state index >= 15 is 0 Å². The molecular formula is C47H47Cl2N3O8. The van der Waals surface area contributed by atoms with Crippen LogP contribution in [0, 0.1) is 34.6 Å². The zero-order valence-corrected chi connectivity index (χ0v) is 35.7. The molecule has 0 spiro atoms. The highest BCUT2D eigenvalue weighted by Gasteiger charge is 2.29. The van der Waals surface area contributed by atoms with E-state index in [1.54, 1.807) is 31.2 Å². The number of nitrogen functional groups attached to an aromatic ring is 2. The van der Waals surface area contributed by atoms with E-state index in [0.29, 0.717) is 45.3 Å². The molecule has 60 heavy (non-hydrogen) atoms. The summed E-state index contributed by atoms with van der Waals surface area (Å²) in [6, 6.07) is 27.5. The van der Waals surface area contributed by atoms with Crippen molar-refractivity contribution in [3.05, 3.63) is 162 Å².